The van der Waals surface area contributed by atoms with E-state index >= 15 is 0 Å². The van der Waals surface area contributed by atoms with Crippen LogP contribution in [-0.4, -0.2) is 30.2 Å². The predicted octanol–water partition coefficient (Wildman–Crippen LogP) is 2.54. The van der Waals surface area contributed by atoms with Crippen LogP contribution >= 0.6 is 0 Å². The Morgan fingerprint density at radius 1 is 1.50 bits per heavy atom. The molecule has 1 saturated carbocycles. The van der Waals surface area contributed by atoms with E-state index in [2.05, 4.69) is 10.3 Å². The van der Waals surface area contributed by atoms with Crippen LogP contribution in [0, 0.1) is 12.8 Å². The highest BCUT2D eigenvalue weighted by Gasteiger charge is 2.48. The topological polar surface area (TPSA) is 60.5 Å². The lowest BCUT2D eigenvalue weighted by molar-refractivity contribution is -0.141. The number of carbonyl (C=O) groups excluding carboxylic acids is 1. The summed E-state index contributed by atoms with van der Waals surface area (Å²) in [7, 11) is 1.57. The number of aromatic nitrogens is 1. The van der Waals surface area contributed by atoms with Crippen molar-refractivity contribution in [3.8, 4) is 5.88 Å². The second-order valence-electron chi connectivity index (χ2n) is 5.26. The molecule has 0 aromatic carbocycles. The van der Waals surface area contributed by atoms with Gasteiger partial charge in [-0.2, -0.15) is 0 Å². The summed E-state index contributed by atoms with van der Waals surface area (Å²) in [5.41, 5.74) is 0.677. The summed E-state index contributed by atoms with van der Waals surface area (Å²) < 4.78 is 10.8. The maximum atomic E-state index is 12.5. The number of aryl methyl sites for hydroxylation is 1. The average Bonchev–Trinajstić information content (AvgIpc) is 3.25. The number of hydrogen-bond donors (Lipinski definition) is 1. The molecule has 20 heavy (non-hydrogen) atoms. The molecule has 5 nitrogen and oxygen atoms in total. The minimum absolute atomic E-state index is 0.100. The Balaban J connectivity index is 2.14. The Morgan fingerprint density at radius 2 is 2.20 bits per heavy atom. The van der Waals surface area contributed by atoms with Gasteiger partial charge in [0.2, 0.25) is 5.88 Å². The van der Waals surface area contributed by atoms with E-state index in [0.29, 0.717) is 24.1 Å². The molecule has 1 aromatic heterocycles. The maximum absolute atomic E-state index is 12.5. The van der Waals surface area contributed by atoms with E-state index in [-0.39, 0.29) is 5.91 Å². The molecule has 2 rings (SSSR count). The SMILES string of the molecule is CCO[C@@](C)(C(=O)Nc1ccc(OC)nc1C)C1CC1. The van der Waals surface area contributed by atoms with E-state index in [1.54, 1.807) is 19.2 Å². The van der Waals surface area contributed by atoms with Crippen molar-refractivity contribution in [2.45, 2.75) is 39.2 Å². The molecule has 1 aromatic rings. The summed E-state index contributed by atoms with van der Waals surface area (Å²) in [6, 6.07) is 3.54. The van der Waals surface area contributed by atoms with Gasteiger partial charge < -0.3 is 14.8 Å². The minimum atomic E-state index is -0.749. The molecule has 1 aliphatic rings. The third-order valence-corrected chi connectivity index (χ3v) is 3.77. The van der Waals surface area contributed by atoms with Gasteiger partial charge in [0.05, 0.1) is 18.5 Å². The summed E-state index contributed by atoms with van der Waals surface area (Å²) in [6.07, 6.45) is 2.09. The molecular weight excluding hydrogens is 256 g/mol. The lowest BCUT2D eigenvalue weighted by atomic mass is 9.98. The molecule has 0 unspecified atom stereocenters. The molecule has 1 heterocycles. The maximum Gasteiger partial charge on any atom is 0.256 e. The summed E-state index contributed by atoms with van der Waals surface area (Å²) in [5.74, 6) is 0.751. The third-order valence-electron chi connectivity index (χ3n) is 3.77. The lowest BCUT2D eigenvalue weighted by Crippen LogP contribution is -2.45. The van der Waals surface area contributed by atoms with Crippen LogP contribution in [0.5, 0.6) is 5.88 Å². The zero-order valence-corrected chi connectivity index (χ0v) is 12.5. The van der Waals surface area contributed by atoms with E-state index in [4.69, 9.17) is 9.47 Å². The van der Waals surface area contributed by atoms with Gasteiger partial charge in [-0.05, 0) is 45.6 Å². The molecule has 0 bridgehead atoms. The molecule has 1 N–H and O–H groups in total. The molecule has 0 radical (unpaired) electrons. The molecule has 1 atom stereocenters. The Morgan fingerprint density at radius 3 is 2.70 bits per heavy atom. The smallest absolute Gasteiger partial charge is 0.256 e. The molecule has 1 aliphatic carbocycles. The van der Waals surface area contributed by atoms with Gasteiger partial charge in [-0.25, -0.2) is 4.98 Å². The van der Waals surface area contributed by atoms with Crippen LogP contribution in [0.2, 0.25) is 0 Å². The van der Waals surface area contributed by atoms with Crippen molar-refractivity contribution in [2.75, 3.05) is 19.0 Å². The number of anilines is 1. The van der Waals surface area contributed by atoms with E-state index in [0.717, 1.165) is 18.5 Å². The van der Waals surface area contributed by atoms with Gasteiger partial charge in [-0.3, -0.25) is 4.79 Å². The standard InChI is InChI=1S/C15H22N2O3/c1-5-20-15(3,11-6-7-11)14(18)17-12-8-9-13(19-4)16-10(12)2/h8-9,11H,5-7H2,1-4H3,(H,17,18)/t15-/m1/s1. The van der Waals surface area contributed by atoms with Crippen LogP contribution in [0.25, 0.3) is 0 Å². The largest absolute Gasteiger partial charge is 0.481 e. The number of rotatable bonds is 6. The zero-order chi connectivity index (χ0) is 14.8. The van der Waals surface area contributed by atoms with Gasteiger partial charge in [0.15, 0.2) is 0 Å². The molecule has 0 saturated heterocycles. The second kappa shape index (κ2) is 5.79. The van der Waals surface area contributed by atoms with Crippen LogP contribution in [-0.2, 0) is 9.53 Å². The van der Waals surface area contributed by atoms with E-state index in [1.807, 2.05) is 20.8 Å². The quantitative estimate of drug-likeness (QED) is 0.868. The average molecular weight is 278 g/mol. The molecule has 0 spiro atoms. The van der Waals surface area contributed by atoms with Gasteiger partial charge in [-0.15, -0.1) is 0 Å². The summed E-state index contributed by atoms with van der Waals surface area (Å²) in [6.45, 7) is 6.15. The predicted molar refractivity (Wildman–Crippen MR) is 76.9 cm³/mol. The number of nitrogens with zero attached hydrogens (tertiary/aromatic N) is 1. The van der Waals surface area contributed by atoms with E-state index in [1.165, 1.54) is 0 Å². The fourth-order valence-corrected chi connectivity index (χ4v) is 2.33. The number of ether oxygens (including phenoxy) is 2. The van der Waals surface area contributed by atoms with Crippen molar-refractivity contribution >= 4 is 11.6 Å². The molecule has 0 aliphatic heterocycles. The Kier molecular flexibility index (Phi) is 4.28. The van der Waals surface area contributed by atoms with Crippen LogP contribution in [0.15, 0.2) is 12.1 Å². The molecular formula is C15H22N2O3. The molecule has 5 heteroatoms. The number of nitrogens with one attached hydrogen (secondary N) is 1. The van der Waals surface area contributed by atoms with Crippen molar-refractivity contribution in [1.29, 1.82) is 0 Å². The highest BCUT2D eigenvalue weighted by Crippen LogP contribution is 2.42. The fraction of sp³-hybridized carbons (Fsp3) is 0.600. The summed E-state index contributed by atoms with van der Waals surface area (Å²) in [5, 5.41) is 2.93. The lowest BCUT2D eigenvalue weighted by Gasteiger charge is -2.28. The minimum Gasteiger partial charge on any atom is -0.481 e. The van der Waals surface area contributed by atoms with Crippen molar-refractivity contribution in [3.63, 3.8) is 0 Å². The molecule has 110 valence electrons. The van der Waals surface area contributed by atoms with Gasteiger partial charge in [0.25, 0.3) is 5.91 Å². The molecule has 1 amide bonds. The number of amides is 1. The first-order valence-corrected chi connectivity index (χ1v) is 6.98. The fourth-order valence-electron chi connectivity index (χ4n) is 2.33. The Hall–Kier alpha value is -1.62. The van der Waals surface area contributed by atoms with Crippen LogP contribution in [0.4, 0.5) is 5.69 Å². The van der Waals surface area contributed by atoms with Crippen molar-refractivity contribution in [2.24, 2.45) is 5.92 Å². The summed E-state index contributed by atoms with van der Waals surface area (Å²) >= 11 is 0. The summed E-state index contributed by atoms with van der Waals surface area (Å²) in [4.78, 5) is 16.8. The van der Waals surface area contributed by atoms with Crippen LogP contribution in [0.3, 0.4) is 0 Å². The Bertz CT molecular complexity index is 500. The number of pyridine rings is 1. The Labute approximate surface area is 119 Å². The molecule has 1 fully saturated rings. The number of carbonyl (C=O) groups is 1. The van der Waals surface area contributed by atoms with E-state index < -0.39 is 5.60 Å². The second-order valence-corrected chi connectivity index (χ2v) is 5.26. The zero-order valence-electron chi connectivity index (χ0n) is 12.5. The van der Waals surface area contributed by atoms with Gasteiger partial charge in [0.1, 0.15) is 5.60 Å². The van der Waals surface area contributed by atoms with Crippen molar-refractivity contribution in [3.05, 3.63) is 17.8 Å². The monoisotopic (exact) mass is 278 g/mol. The van der Waals surface area contributed by atoms with Crippen molar-refractivity contribution in [1.82, 2.24) is 4.98 Å². The van der Waals surface area contributed by atoms with Crippen LogP contribution in [0.1, 0.15) is 32.4 Å². The van der Waals surface area contributed by atoms with Gasteiger partial charge >= 0.3 is 0 Å². The van der Waals surface area contributed by atoms with Gasteiger partial charge in [0, 0.05) is 12.7 Å². The van der Waals surface area contributed by atoms with E-state index in [9.17, 15) is 4.79 Å². The van der Waals surface area contributed by atoms with Crippen LogP contribution < -0.4 is 10.1 Å². The highest BCUT2D eigenvalue weighted by atomic mass is 16.5. The number of methoxy groups -OCH3 is 1. The van der Waals surface area contributed by atoms with Crippen molar-refractivity contribution < 1.29 is 14.3 Å². The first kappa shape index (κ1) is 14.8. The third kappa shape index (κ3) is 2.93. The first-order valence-electron chi connectivity index (χ1n) is 6.98. The van der Waals surface area contributed by atoms with Gasteiger partial charge in [-0.1, -0.05) is 0 Å². The first-order chi connectivity index (χ1) is 9.51. The number of hydrogen-bond acceptors (Lipinski definition) is 4. The normalized spacial score (nSPS) is 17.4. The highest BCUT2D eigenvalue weighted by molar-refractivity contribution is 5.98.